The van der Waals surface area contributed by atoms with E-state index in [0.29, 0.717) is 12.0 Å². The first kappa shape index (κ1) is 13.8. The first-order chi connectivity index (χ1) is 8.09. The molecule has 0 aliphatic heterocycles. The topological polar surface area (TPSA) is 37.3 Å². The molecule has 1 N–H and O–H groups in total. The quantitative estimate of drug-likeness (QED) is 0.586. The molecule has 0 unspecified atom stereocenters. The lowest BCUT2D eigenvalue weighted by Crippen LogP contribution is -1.98. The molecule has 0 fully saturated rings. The van der Waals surface area contributed by atoms with Crippen molar-refractivity contribution in [3.05, 3.63) is 47.0 Å². The van der Waals surface area contributed by atoms with Crippen molar-refractivity contribution < 1.29 is 9.90 Å². The molecule has 1 aromatic rings. The number of carboxylic acids is 1. The number of benzene rings is 1. The summed E-state index contributed by atoms with van der Waals surface area (Å²) in [4.78, 5) is 10.5. The Kier molecular flexibility index (Phi) is 5.78. The Morgan fingerprint density at radius 3 is 2.41 bits per heavy atom. The zero-order chi connectivity index (χ0) is 12.7. The van der Waals surface area contributed by atoms with Gasteiger partial charge in [-0.05, 0) is 43.4 Å². The lowest BCUT2D eigenvalue weighted by molar-refractivity contribution is -0.132. The third-order valence-electron chi connectivity index (χ3n) is 2.66. The molecule has 0 bridgehead atoms. The van der Waals surface area contributed by atoms with E-state index in [1.54, 1.807) is 0 Å². The molecule has 0 atom stereocenters. The van der Waals surface area contributed by atoms with E-state index in [4.69, 9.17) is 16.7 Å². The van der Waals surface area contributed by atoms with E-state index < -0.39 is 5.97 Å². The third kappa shape index (κ3) is 5.55. The number of rotatable bonds is 7. The molecule has 0 saturated carbocycles. The second-order valence-electron chi connectivity index (χ2n) is 4.10. The van der Waals surface area contributed by atoms with Gasteiger partial charge >= 0.3 is 5.97 Å². The molecule has 0 radical (unpaired) electrons. The number of aliphatic carboxylic acids is 1. The Hall–Kier alpha value is -1.28. The minimum absolute atomic E-state index is 0.302. The van der Waals surface area contributed by atoms with Gasteiger partial charge in [0.1, 0.15) is 0 Å². The van der Waals surface area contributed by atoms with E-state index >= 15 is 0 Å². The highest BCUT2D eigenvalue weighted by atomic mass is 35.5. The van der Waals surface area contributed by atoms with Crippen molar-refractivity contribution in [2.45, 2.75) is 32.1 Å². The van der Waals surface area contributed by atoms with Gasteiger partial charge in [0.2, 0.25) is 0 Å². The van der Waals surface area contributed by atoms with E-state index in [9.17, 15) is 4.79 Å². The molecule has 0 aliphatic rings. The Bertz CT molecular complexity index is 382. The SMILES string of the molecule is C=C(CCCCCc1ccc(Cl)cc1)C(=O)O. The molecule has 0 spiro atoms. The first-order valence-electron chi connectivity index (χ1n) is 5.75. The number of carboxylic acid groups (broad SMARTS) is 1. The van der Waals surface area contributed by atoms with Crippen molar-refractivity contribution in [3.63, 3.8) is 0 Å². The number of hydrogen-bond acceptors (Lipinski definition) is 1. The zero-order valence-electron chi connectivity index (χ0n) is 9.79. The number of hydrogen-bond donors (Lipinski definition) is 1. The van der Waals surface area contributed by atoms with Crippen LogP contribution in [0.15, 0.2) is 36.4 Å². The molecule has 0 heterocycles. The number of unbranched alkanes of at least 4 members (excludes halogenated alkanes) is 2. The lowest BCUT2D eigenvalue weighted by atomic mass is 10.0. The van der Waals surface area contributed by atoms with Gasteiger partial charge < -0.3 is 5.11 Å². The summed E-state index contributed by atoms with van der Waals surface area (Å²) in [6.07, 6.45) is 4.56. The fourth-order valence-corrected chi connectivity index (χ4v) is 1.73. The largest absolute Gasteiger partial charge is 0.478 e. The van der Waals surface area contributed by atoms with Crippen LogP contribution in [-0.2, 0) is 11.2 Å². The summed E-state index contributed by atoms with van der Waals surface area (Å²) in [5.41, 5.74) is 1.57. The van der Waals surface area contributed by atoms with E-state index in [1.807, 2.05) is 24.3 Å². The van der Waals surface area contributed by atoms with Crippen LogP contribution in [0.3, 0.4) is 0 Å². The summed E-state index contributed by atoms with van der Waals surface area (Å²) >= 11 is 5.79. The van der Waals surface area contributed by atoms with Gasteiger partial charge in [-0.3, -0.25) is 0 Å². The van der Waals surface area contributed by atoms with E-state index in [2.05, 4.69) is 6.58 Å². The van der Waals surface area contributed by atoms with Crippen LogP contribution in [0.2, 0.25) is 5.02 Å². The lowest BCUT2D eigenvalue weighted by Gasteiger charge is -2.02. The molecule has 92 valence electrons. The Labute approximate surface area is 107 Å². The molecule has 1 rings (SSSR count). The summed E-state index contributed by atoms with van der Waals surface area (Å²) in [5.74, 6) is -0.886. The first-order valence-corrected chi connectivity index (χ1v) is 6.13. The minimum Gasteiger partial charge on any atom is -0.478 e. The minimum atomic E-state index is -0.886. The maximum atomic E-state index is 10.5. The maximum Gasteiger partial charge on any atom is 0.330 e. The molecule has 3 heteroatoms. The highest BCUT2D eigenvalue weighted by molar-refractivity contribution is 6.30. The van der Waals surface area contributed by atoms with Crippen LogP contribution < -0.4 is 0 Å². The van der Waals surface area contributed by atoms with Crippen LogP contribution in [-0.4, -0.2) is 11.1 Å². The highest BCUT2D eigenvalue weighted by Crippen LogP contribution is 2.13. The van der Waals surface area contributed by atoms with E-state index in [1.165, 1.54) is 5.56 Å². The van der Waals surface area contributed by atoms with Gasteiger partial charge in [-0.15, -0.1) is 0 Å². The average Bonchev–Trinajstić information content (AvgIpc) is 2.30. The van der Waals surface area contributed by atoms with Gasteiger partial charge in [0.05, 0.1) is 0 Å². The Balaban J connectivity index is 2.14. The second kappa shape index (κ2) is 7.13. The summed E-state index contributed by atoms with van der Waals surface area (Å²) < 4.78 is 0. The highest BCUT2D eigenvalue weighted by Gasteiger charge is 2.02. The van der Waals surface area contributed by atoms with Crippen molar-refractivity contribution in [2.24, 2.45) is 0 Å². The van der Waals surface area contributed by atoms with Crippen LogP contribution in [0, 0.1) is 0 Å². The fourth-order valence-electron chi connectivity index (χ4n) is 1.60. The predicted octanol–water partition coefficient (Wildman–Crippen LogP) is 4.08. The van der Waals surface area contributed by atoms with Gasteiger partial charge in [-0.1, -0.05) is 36.7 Å². The summed E-state index contributed by atoms with van der Waals surface area (Å²) in [7, 11) is 0. The number of aryl methyl sites for hydroxylation is 1. The van der Waals surface area contributed by atoms with Crippen LogP contribution in [0.1, 0.15) is 31.2 Å². The van der Waals surface area contributed by atoms with Gasteiger partial charge in [0.25, 0.3) is 0 Å². The second-order valence-corrected chi connectivity index (χ2v) is 4.53. The van der Waals surface area contributed by atoms with Gasteiger partial charge in [-0.25, -0.2) is 4.79 Å². The maximum absolute atomic E-state index is 10.5. The van der Waals surface area contributed by atoms with Crippen molar-refractivity contribution >= 4 is 17.6 Å². The van der Waals surface area contributed by atoms with Crippen molar-refractivity contribution in [3.8, 4) is 0 Å². The van der Waals surface area contributed by atoms with Crippen LogP contribution in [0.5, 0.6) is 0 Å². The van der Waals surface area contributed by atoms with Crippen LogP contribution in [0.4, 0.5) is 0 Å². The monoisotopic (exact) mass is 252 g/mol. The molecule has 17 heavy (non-hydrogen) atoms. The summed E-state index contributed by atoms with van der Waals surface area (Å²) in [6, 6.07) is 7.84. The molecule has 1 aromatic carbocycles. The smallest absolute Gasteiger partial charge is 0.330 e. The molecular formula is C14H17ClO2. The normalized spacial score (nSPS) is 10.2. The standard InChI is InChI=1S/C14H17ClO2/c1-11(14(16)17)5-3-2-4-6-12-7-9-13(15)10-8-12/h7-10H,1-6H2,(H,16,17). The Morgan fingerprint density at radius 2 is 1.82 bits per heavy atom. The van der Waals surface area contributed by atoms with Crippen LogP contribution in [0.25, 0.3) is 0 Å². The molecular weight excluding hydrogens is 236 g/mol. The molecule has 2 nitrogen and oxygen atoms in total. The van der Waals surface area contributed by atoms with Crippen molar-refractivity contribution in [2.75, 3.05) is 0 Å². The van der Waals surface area contributed by atoms with Crippen molar-refractivity contribution in [1.82, 2.24) is 0 Å². The average molecular weight is 253 g/mol. The Morgan fingerprint density at radius 1 is 1.18 bits per heavy atom. The zero-order valence-corrected chi connectivity index (χ0v) is 10.5. The van der Waals surface area contributed by atoms with E-state index in [0.717, 1.165) is 30.7 Å². The molecule has 0 aromatic heterocycles. The third-order valence-corrected chi connectivity index (χ3v) is 2.91. The number of carbonyl (C=O) groups is 1. The summed E-state index contributed by atoms with van der Waals surface area (Å²) in [5, 5.41) is 9.39. The summed E-state index contributed by atoms with van der Waals surface area (Å²) in [6.45, 7) is 3.51. The van der Waals surface area contributed by atoms with Crippen molar-refractivity contribution in [1.29, 1.82) is 0 Å². The van der Waals surface area contributed by atoms with Gasteiger partial charge in [0, 0.05) is 10.6 Å². The predicted molar refractivity (Wildman–Crippen MR) is 70.4 cm³/mol. The van der Waals surface area contributed by atoms with Gasteiger partial charge in [0.15, 0.2) is 0 Å². The molecule has 0 saturated heterocycles. The molecule has 0 aliphatic carbocycles. The van der Waals surface area contributed by atoms with Gasteiger partial charge in [-0.2, -0.15) is 0 Å². The fraction of sp³-hybridized carbons (Fsp3) is 0.357. The molecule has 0 amide bonds. The number of halogens is 1. The van der Waals surface area contributed by atoms with E-state index in [-0.39, 0.29) is 0 Å². The van der Waals surface area contributed by atoms with Crippen LogP contribution >= 0.6 is 11.6 Å².